The van der Waals surface area contributed by atoms with Gasteiger partial charge in [-0.25, -0.2) is 4.39 Å². The zero-order valence-electron chi connectivity index (χ0n) is 16.0. The summed E-state index contributed by atoms with van der Waals surface area (Å²) in [6.45, 7) is 0. The van der Waals surface area contributed by atoms with Crippen molar-refractivity contribution in [2.24, 2.45) is 17.8 Å². The van der Waals surface area contributed by atoms with Gasteiger partial charge in [0.05, 0.1) is 0 Å². The van der Waals surface area contributed by atoms with Crippen LogP contribution in [0, 0.1) is 23.6 Å². The van der Waals surface area contributed by atoms with Crippen LogP contribution in [0.5, 0.6) is 0 Å². The molecule has 2 unspecified atom stereocenters. The van der Waals surface area contributed by atoms with E-state index in [1.807, 2.05) is 6.07 Å². The van der Waals surface area contributed by atoms with Crippen LogP contribution in [0.4, 0.5) is 4.39 Å². The quantitative estimate of drug-likeness (QED) is 0.523. The molecule has 0 radical (unpaired) electrons. The van der Waals surface area contributed by atoms with E-state index in [-0.39, 0.29) is 5.82 Å². The van der Waals surface area contributed by atoms with E-state index in [1.165, 1.54) is 49.7 Å². The van der Waals surface area contributed by atoms with Gasteiger partial charge in [0.15, 0.2) is 0 Å². The van der Waals surface area contributed by atoms with Crippen LogP contribution in [0.3, 0.4) is 0 Å². The summed E-state index contributed by atoms with van der Waals surface area (Å²) < 4.78 is 13.9. The monoisotopic (exact) mass is 360 g/mol. The van der Waals surface area contributed by atoms with Gasteiger partial charge < -0.3 is 0 Å². The van der Waals surface area contributed by atoms with Crippen molar-refractivity contribution in [3.8, 4) is 0 Å². The van der Waals surface area contributed by atoms with Gasteiger partial charge in [0.2, 0.25) is 0 Å². The van der Waals surface area contributed by atoms with E-state index >= 15 is 0 Å². The number of halogens is 1. The van der Waals surface area contributed by atoms with Crippen molar-refractivity contribution < 1.29 is 4.39 Å². The summed E-state index contributed by atoms with van der Waals surface area (Å²) in [5.41, 5.74) is 5.23. The first-order valence-electron chi connectivity index (χ1n) is 10.8. The average Bonchev–Trinajstić information content (AvgIpc) is 3.43. The topological polar surface area (TPSA) is 0 Å². The van der Waals surface area contributed by atoms with Crippen LogP contribution in [0.15, 0.2) is 60.2 Å². The zero-order chi connectivity index (χ0) is 18.2. The number of fused-ring (bicyclic) bond motifs is 2. The van der Waals surface area contributed by atoms with Gasteiger partial charge in [-0.1, -0.05) is 67.0 Å². The first-order valence-corrected chi connectivity index (χ1v) is 10.8. The molecule has 0 nitrogen and oxygen atoms in total. The lowest BCUT2D eigenvalue weighted by Crippen LogP contribution is -2.08. The van der Waals surface area contributed by atoms with Crippen LogP contribution in [-0.2, 0) is 12.8 Å². The minimum Gasteiger partial charge on any atom is -0.207 e. The van der Waals surface area contributed by atoms with E-state index < -0.39 is 0 Å². The van der Waals surface area contributed by atoms with Crippen LogP contribution in [-0.4, -0.2) is 0 Å². The van der Waals surface area contributed by atoms with Crippen LogP contribution < -0.4 is 0 Å². The molecular weight excluding hydrogens is 331 g/mol. The Kier molecular flexibility index (Phi) is 4.63. The molecule has 2 atom stereocenters. The number of allylic oxidation sites excluding steroid dienone is 2. The minimum atomic E-state index is -0.0289. The van der Waals surface area contributed by atoms with Crippen molar-refractivity contribution in [3.63, 3.8) is 0 Å². The molecule has 0 spiro atoms. The van der Waals surface area contributed by atoms with Gasteiger partial charge in [0, 0.05) is 0 Å². The second kappa shape index (κ2) is 7.26. The summed E-state index contributed by atoms with van der Waals surface area (Å²) in [6.07, 6.45) is 12.2. The molecule has 0 aliphatic heterocycles. The Bertz CT molecular complexity index is 821. The maximum Gasteiger partial charge on any atom is 0.126 e. The van der Waals surface area contributed by atoms with Crippen LogP contribution >= 0.6 is 0 Å². The fraction of sp³-hybridized carbons (Fsp3) is 0.462. The Morgan fingerprint density at radius 1 is 0.852 bits per heavy atom. The zero-order valence-corrected chi connectivity index (χ0v) is 16.0. The van der Waals surface area contributed by atoms with Gasteiger partial charge in [0.1, 0.15) is 5.82 Å². The van der Waals surface area contributed by atoms with E-state index in [2.05, 4.69) is 42.5 Å². The fourth-order valence-corrected chi connectivity index (χ4v) is 5.83. The standard InChI is InChI=1S/C26H29F/c27-25-8-4-7-21-17-19(13-14-22(21)25)10-9-18-11-15-23-24(16-12-18)26(23)20-5-2-1-3-6-20/h1-8,13,18,23-24,26H,9-12,14-17H2. The summed E-state index contributed by atoms with van der Waals surface area (Å²) in [5.74, 6) is 3.60. The molecule has 1 heteroatoms. The van der Waals surface area contributed by atoms with Crippen molar-refractivity contribution in [1.82, 2.24) is 0 Å². The molecule has 2 aromatic carbocycles. The predicted octanol–water partition coefficient (Wildman–Crippen LogP) is 6.85. The van der Waals surface area contributed by atoms with Gasteiger partial charge in [0.25, 0.3) is 0 Å². The third-order valence-corrected chi connectivity index (χ3v) is 7.43. The van der Waals surface area contributed by atoms with Crippen LogP contribution in [0.2, 0.25) is 0 Å². The predicted molar refractivity (Wildman–Crippen MR) is 109 cm³/mol. The van der Waals surface area contributed by atoms with E-state index in [1.54, 1.807) is 11.6 Å². The molecule has 3 aliphatic carbocycles. The number of hydrogen-bond donors (Lipinski definition) is 0. The molecule has 27 heavy (non-hydrogen) atoms. The van der Waals surface area contributed by atoms with Gasteiger partial charge >= 0.3 is 0 Å². The second-order valence-electron chi connectivity index (χ2n) is 8.94. The summed E-state index contributed by atoms with van der Waals surface area (Å²) in [6, 6.07) is 16.7. The summed E-state index contributed by atoms with van der Waals surface area (Å²) in [5, 5.41) is 0. The molecule has 2 saturated carbocycles. The minimum absolute atomic E-state index is 0.0289. The first kappa shape index (κ1) is 17.2. The lowest BCUT2D eigenvalue weighted by molar-refractivity contribution is 0.404. The van der Waals surface area contributed by atoms with E-state index in [9.17, 15) is 4.39 Å². The lowest BCUT2D eigenvalue weighted by atomic mass is 9.85. The molecule has 140 valence electrons. The maximum absolute atomic E-state index is 13.9. The van der Waals surface area contributed by atoms with Gasteiger partial charge in [-0.3, -0.25) is 0 Å². The number of benzene rings is 2. The highest BCUT2D eigenvalue weighted by Gasteiger charge is 2.50. The Morgan fingerprint density at radius 3 is 2.41 bits per heavy atom. The van der Waals surface area contributed by atoms with Crippen molar-refractivity contribution in [2.45, 2.75) is 57.3 Å². The maximum atomic E-state index is 13.9. The molecule has 0 aromatic heterocycles. The largest absolute Gasteiger partial charge is 0.207 e. The van der Waals surface area contributed by atoms with E-state index in [0.29, 0.717) is 0 Å². The van der Waals surface area contributed by atoms with E-state index in [4.69, 9.17) is 0 Å². The molecule has 0 saturated heterocycles. The Morgan fingerprint density at radius 2 is 1.63 bits per heavy atom. The highest BCUT2D eigenvalue weighted by molar-refractivity contribution is 5.37. The van der Waals surface area contributed by atoms with Crippen molar-refractivity contribution in [2.75, 3.05) is 0 Å². The summed E-state index contributed by atoms with van der Waals surface area (Å²) >= 11 is 0. The molecule has 3 aliphatic rings. The first-order chi connectivity index (χ1) is 13.3. The summed E-state index contributed by atoms with van der Waals surface area (Å²) in [4.78, 5) is 0. The number of rotatable bonds is 4. The SMILES string of the molecule is Fc1cccc2c1CC=C(CCC1CCC3C(CC1)C3c1ccccc1)C2. The average molecular weight is 361 g/mol. The van der Waals surface area contributed by atoms with Crippen molar-refractivity contribution >= 4 is 0 Å². The normalized spacial score (nSPS) is 29.3. The molecule has 5 rings (SSSR count). The molecule has 0 N–H and O–H groups in total. The van der Waals surface area contributed by atoms with Crippen LogP contribution in [0.25, 0.3) is 0 Å². The molecule has 2 fully saturated rings. The Hall–Kier alpha value is -1.89. The Labute approximate surface area is 162 Å². The van der Waals surface area contributed by atoms with Gasteiger partial charge in [-0.2, -0.15) is 0 Å². The van der Waals surface area contributed by atoms with Gasteiger partial charge in [-0.15, -0.1) is 0 Å². The van der Waals surface area contributed by atoms with Crippen molar-refractivity contribution in [1.29, 1.82) is 0 Å². The highest BCUT2D eigenvalue weighted by atomic mass is 19.1. The fourth-order valence-electron chi connectivity index (χ4n) is 5.83. The third-order valence-electron chi connectivity index (χ3n) is 7.43. The molecule has 0 bridgehead atoms. The highest BCUT2D eigenvalue weighted by Crippen LogP contribution is 2.61. The molecular formula is C26H29F. The lowest BCUT2D eigenvalue weighted by Gasteiger charge is -2.20. The van der Waals surface area contributed by atoms with E-state index in [0.717, 1.165) is 42.1 Å². The van der Waals surface area contributed by atoms with Crippen molar-refractivity contribution in [3.05, 3.63) is 82.7 Å². The molecule has 0 amide bonds. The molecule has 0 heterocycles. The molecule has 2 aromatic rings. The van der Waals surface area contributed by atoms with Gasteiger partial charge in [-0.05, 0) is 85.0 Å². The number of hydrogen-bond acceptors (Lipinski definition) is 0. The second-order valence-corrected chi connectivity index (χ2v) is 8.94. The Balaban J connectivity index is 1.13. The van der Waals surface area contributed by atoms with Crippen LogP contribution in [0.1, 0.15) is 61.1 Å². The smallest absolute Gasteiger partial charge is 0.126 e. The third kappa shape index (κ3) is 3.49. The summed E-state index contributed by atoms with van der Waals surface area (Å²) in [7, 11) is 0.